The van der Waals surface area contributed by atoms with E-state index < -0.39 is 0 Å². The fourth-order valence-electron chi connectivity index (χ4n) is 1.29. The molecule has 16 heavy (non-hydrogen) atoms. The highest BCUT2D eigenvalue weighted by Gasteiger charge is 2.06. The summed E-state index contributed by atoms with van der Waals surface area (Å²) in [5, 5.41) is 5.69. The number of rotatable bonds is 4. The van der Waals surface area contributed by atoms with Crippen LogP contribution in [0.5, 0.6) is 0 Å². The highest BCUT2D eigenvalue weighted by Crippen LogP contribution is 2.08. The van der Waals surface area contributed by atoms with E-state index in [0.29, 0.717) is 12.3 Å². The molecule has 1 amide bonds. The van der Waals surface area contributed by atoms with Crippen molar-refractivity contribution in [2.24, 2.45) is 0 Å². The van der Waals surface area contributed by atoms with Gasteiger partial charge in [-0.05, 0) is 19.1 Å². The number of hydrogen-bond acceptors (Lipinski definition) is 4. The second-order valence-corrected chi connectivity index (χ2v) is 4.36. The molecule has 84 valence electrons. The van der Waals surface area contributed by atoms with Crippen LogP contribution >= 0.6 is 11.3 Å². The first-order chi connectivity index (χ1) is 7.74. The fourth-order valence-corrected chi connectivity index (χ4v) is 2.00. The largest absolute Gasteiger partial charge is 0.469 e. The molecular formula is C11H12N2O2S. The van der Waals surface area contributed by atoms with Crippen LogP contribution in [0.2, 0.25) is 0 Å². The number of furan rings is 1. The number of nitrogens with zero attached hydrogens (tertiary/aromatic N) is 1. The second-order valence-electron chi connectivity index (χ2n) is 3.42. The Morgan fingerprint density at radius 1 is 1.62 bits per heavy atom. The highest BCUT2D eigenvalue weighted by molar-refractivity contribution is 7.09. The SMILES string of the molecule is Cc1csc(CNC(=O)Cc2ccco2)n1. The van der Waals surface area contributed by atoms with Crippen LogP contribution in [0.3, 0.4) is 0 Å². The van der Waals surface area contributed by atoms with Crippen LogP contribution in [-0.2, 0) is 17.8 Å². The maximum absolute atomic E-state index is 11.5. The zero-order valence-corrected chi connectivity index (χ0v) is 9.71. The highest BCUT2D eigenvalue weighted by atomic mass is 32.1. The number of carbonyl (C=O) groups excluding carboxylic acids is 1. The Kier molecular flexibility index (Phi) is 3.36. The third kappa shape index (κ3) is 2.93. The molecule has 0 aliphatic rings. The summed E-state index contributed by atoms with van der Waals surface area (Å²) in [6.45, 7) is 2.42. The molecule has 0 unspecified atom stereocenters. The lowest BCUT2D eigenvalue weighted by Crippen LogP contribution is -2.24. The molecule has 2 aromatic heterocycles. The van der Waals surface area contributed by atoms with Crippen molar-refractivity contribution in [3.8, 4) is 0 Å². The van der Waals surface area contributed by atoms with E-state index in [1.807, 2.05) is 12.3 Å². The molecule has 4 nitrogen and oxygen atoms in total. The topological polar surface area (TPSA) is 55.1 Å². The molecule has 0 saturated heterocycles. The van der Waals surface area contributed by atoms with Gasteiger partial charge < -0.3 is 9.73 Å². The standard InChI is InChI=1S/C11H12N2O2S/c1-8-7-16-11(13-8)6-12-10(14)5-9-3-2-4-15-9/h2-4,7H,5-6H2,1H3,(H,12,14). The summed E-state index contributed by atoms with van der Waals surface area (Å²) < 4.78 is 5.09. The average Bonchev–Trinajstić information content (AvgIpc) is 2.87. The van der Waals surface area contributed by atoms with E-state index in [-0.39, 0.29) is 12.3 Å². The number of nitrogens with one attached hydrogen (secondary N) is 1. The van der Waals surface area contributed by atoms with Gasteiger partial charge in [0.25, 0.3) is 0 Å². The van der Waals surface area contributed by atoms with Gasteiger partial charge in [0.05, 0.1) is 19.2 Å². The van der Waals surface area contributed by atoms with Gasteiger partial charge in [0.15, 0.2) is 0 Å². The minimum Gasteiger partial charge on any atom is -0.469 e. The van der Waals surface area contributed by atoms with Crippen LogP contribution < -0.4 is 5.32 Å². The van der Waals surface area contributed by atoms with E-state index in [9.17, 15) is 4.79 Å². The third-order valence-electron chi connectivity index (χ3n) is 2.02. The number of hydrogen-bond donors (Lipinski definition) is 1. The van der Waals surface area contributed by atoms with Gasteiger partial charge in [0.1, 0.15) is 10.8 Å². The molecule has 0 radical (unpaired) electrons. The van der Waals surface area contributed by atoms with Crippen molar-refractivity contribution in [2.45, 2.75) is 19.9 Å². The molecule has 0 bridgehead atoms. The lowest BCUT2D eigenvalue weighted by atomic mass is 10.3. The van der Waals surface area contributed by atoms with Crippen molar-refractivity contribution >= 4 is 17.2 Å². The van der Waals surface area contributed by atoms with Crippen LogP contribution in [0.1, 0.15) is 16.5 Å². The Labute approximate surface area is 97.3 Å². The average molecular weight is 236 g/mol. The quantitative estimate of drug-likeness (QED) is 0.882. The number of carbonyl (C=O) groups is 1. The first-order valence-electron chi connectivity index (χ1n) is 4.94. The number of amides is 1. The smallest absolute Gasteiger partial charge is 0.227 e. The Balaban J connectivity index is 1.80. The van der Waals surface area contributed by atoms with Crippen LogP contribution in [0.15, 0.2) is 28.2 Å². The van der Waals surface area contributed by atoms with E-state index in [1.54, 1.807) is 29.7 Å². The summed E-state index contributed by atoms with van der Waals surface area (Å²) >= 11 is 1.55. The van der Waals surface area contributed by atoms with Gasteiger partial charge in [-0.3, -0.25) is 4.79 Å². The predicted molar refractivity (Wildman–Crippen MR) is 61.1 cm³/mol. The second kappa shape index (κ2) is 4.94. The van der Waals surface area contributed by atoms with Crippen LogP contribution in [-0.4, -0.2) is 10.9 Å². The number of aryl methyl sites for hydroxylation is 1. The molecular weight excluding hydrogens is 224 g/mol. The Morgan fingerprint density at radius 2 is 2.50 bits per heavy atom. The first kappa shape index (κ1) is 10.9. The van der Waals surface area contributed by atoms with Crippen LogP contribution in [0, 0.1) is 6.92 Å². The molecule has 0 atom stereocenters. The fraction of sp³-hybridized carbons (Fsp3) is 0.273. The minimum absolute atomic E-state index is 0.0530. The maximum atomic E-state index is 11.5. The summed E-state index contributed by atoms with van der Waals surface area (Å²) in [7, 11) is 0. The minimum atomic E-state index is -0.0530. The lowest BCUT2D eigenvalue weighted by Gasteiger charge is -2.00. The van der Waals surface area contributed by atoms with Crippen LogP contribution in [0.4, 0.5) is 0 Å². The van der Waals surface area contributed by atoms with Crippen molar-refractivity contribution in [3.63, 3.8) is 0 Å². The summed E-state index contributed by atoms with van der Waals surface area (Å²) in [5.74, 6) is 0.621. The molecule has 0 aliphatic heterocycles. The van der Waals surface area contributed by atoms with E-state index in [0.717, 1.165) is 10.7 Å². The van der Waals surface area contributed by atoms with Gasteiger partial charge in [0.2, 0.25) is 5.91 Å². The maximum Gasteiger partial charge on any atom is 0.227 e. The number of aromatic nitrogens is 1. The van der Waals surface area contributed by atoms with Gasteiger partial charge in [-0.15, -0.1) is 11.3 Å². The molecule has 0 aromatic carbocycles. The normalized spacial score (nSPS) is 10.3. The van der Waals surface area contributed by atoms with Crippen LogP contribution in [0.25, 0.3) is 0 Å². The predicted octanol–water partition coefficient (Wildman–Crippen LogP) is 1.90. The summed E-state index contributed by atoms with van der Waals surface area (Å²) in [6.07, 6.45) is 1.84. The molecule has 0 spiro atoms. The molecule has 0 fully saturated rings. The van der Waals surface area contributed by atoms with Crippen molar-refractivity contribution in [1.82, 2.24) is 10.3 Å². The first-order valence-corrected chi connectivity index (χ1v) is 5.82. The summed E-state index contributed by atoms with van der Waals surface area (Å²) in [5.41, 5.74) is 0.986. The molecule has 0 saturated carbocycles. The Bertz CT molecular complexity index is 462. The molecule has 2 aromatic rings. The van der Waals surface area contributed by atoms with E-state index in [2.05, 4.69) is 10.3 Å². The molecule has 1 N–H and O–H groups in total. The van der Waals surface area contributed by atoms with E-state index in [1.165, 1.54) is 0 Å². The molecule has 2 heterocycles. The van der Waals surface area contributed by atoms with Gasteiger partial charge in [-0.1, -0.05) is 0 Å². The molecule has 0 aliphatic carbocycles. The van der Waals surface area contributed by atoms with Crippen molar-refractivity contribution in [1.29, 1.82) is 0 Å². The summed E-state index contributed by atoms with van der Waals surface area (Å²) in [6, 6.07) is 3.56. The van der Waals surface area contributed by atoms with Gasteiger partial charge in [-0.2, -0.15) is 0 Å². The molecule has 5 heteroatoms. The third-order valence-corrected chi connectivity index (χ3v) is 2.98. The van der Waals surface area contributed by atoms with Crippen molar-refractivity contribution in [3.05, 3.63) is 40.2 Å². The monoisotopic (exact) mass is 236 g/mol. The van der Waals surface area contributed by atoms with Gasteiger partial charge in [0, 0.05) is 11.1 Å². The van der Waals surface area contributed by atoms with E-state index in [4.69, 9.17) is 4.42 Å². The zero-order valence-electron chi connectivity index (χ0n) is 8.90. The summed E-state index contributed by atoms with van der Waals surface area (Å²) in [4.78, 5) is 15.8. The van der Waals surface area contributed by atoms with Crippen molar-refractivity contribution < 1.29 is 9.21 Å². The van der Waals surface area contributed by atoms with Gasteiger partial charge >= 0.3 is 0 Å². The molecule has 2 rings (SSSR count). The Hall–Kier alpha value is -1.62. The lowest BCUT2D eigenvalue weighted by molar-refractivity contribution is -0.120. The Morgan fingerprint density at radius 3 is 3.12 bits per heavy atom. The number of thiazole rings is 1. The zero-order chi connectivity index (χ0) is 11.4. The van der Waals surface area contributed by atoms with Crippen molar-refractivity contribution in [2.75, 3.05) is 0 Å². The van der Waals surface area contributed by atoms with Gasteiger partial charge in [-0.25, -0.2) is 4.98 Å². The van der Waals surface area contributed by atoms with E-state index >= 15 is 0 Å².